The molecule has 0 saturated heterocycles. The second kappa shape index (κ2) is 4.88. The Hall–Kier alpha value is -2.35. The molecule has 0 aliphatic carbocycles. The van der Waals surface area contributed by atoms with E-state index in [4.69, 9.17) is 0 Å². The summed E-state index contributed by atoms with van der Waals surface area (Å²) >= 11 is 0. The van der Waals surface area contributed by atoms with Crippen LogP contribution in [0.5, 0.6) is 11.5 Å². The molecule has 0 aliphatic rings. The Morgan fingerprint density at radius 3 is 1.95 bits per heavy atom. The third-order valence-corrected chi connectivity index (χ3v) is 4.04. The summed E-state index contributed by atoms with van der Waals surface area (Å²) in [6.45, 7) is 0. The van der Waals surface area contributed by atoms with Gasteiger partial charge in [-0.2, -0.15) is 0 Å². The van der Waals surface area contributed by atoms with Crippen LogP contribution in [0.1, 0.15) is 0 Å². The molecule has 3 aromatic carbocycles. The number of quaternary nitrogens is 1. The van der Waals surface area contributed by atoms with E-state index in [1.165, 1.54) is 6.07 Å². The summed E-state index contributed by atoms with van der Waals surface area (Å²) in [6, 6.07) is 11.2. The van der Waals surface area contributed by atoms with Gasteiger partial charge < -0.3 is 20.9 Å². The molecule has 0 radical (unpaired) electrons. The molecule has 0 amide bonds. The Labute approximate surface area is 120 Å². The van der Waals surface area contributed by atoms with Gasteiger partial charge in [-0.3, -0.25) is 0 Å². The zero-order valence-corrected chi connectivity index (χ0v) is 11.9. The van der Waals surface area contributed by atoms with Gasteiger partial charge in [0.1, 0.15) is 26.5 Å². The number of fused-ring (bicyclic) bond motifs is 2. The molecule has 0 aliphatic heterocycles. The van der Waals surface area contributed by atoms with Gasteiger partial charge in [-0.05, 0) is 22.9 Å². The Morgan fingerprint density at radius 1 is 0.905 bits per heavy atom. The summed E-state index contributed by atoms with van der Waals surface area (Å²) in [6.07, 6.45) is 0. The fraction of sp³-hybridized carbons (Fsp3) is 0. The van der Waals surface area contributed by atoms with Crippen molar-refractivity contribution >= 4 is 31.7 Å². The highest BCUT2D eigenvalue weighted by atomic mass is 32.2. The molecule has 7 heteroatoms. The van der Waals surface area contributed by atoms with Gasteiger partial charge >= 0.3 is 0 Å². The maximum atomic E-state index is 11.1. The number of phenols is 2. The fourth-order valence-corrected chi connectivity index (χ4v) is 2.84. The van der Waals surface area contributed by atoms with Gasteiger partial charge in [-0.25, -0.2) is 8.42 Å². The standard InChI is InChI=1S/C14H10O5S.H3N/c15-12-7-13(20(17,18)19)14(16)11-6-9-4-2-1-3-8(9)5-10(11)12;/h1-7,15-16H,(H,17,18,19);1H3. The minimum Gasteiger partial charge on any atom is -0.744 e. The SMILES string of the molecule is O=S(=O)([O-])c1cc(O)c2cc3ccccc3cc2c1O.[NH4+]. The molecule has 110 valence electrons. The van der Waals surface area contributed by atoms with Crippen LogP contribution in [-0.2, 0) is 10.1 Å². The van der Waals surface area contributed by atoms with E-state index in [1.807, 2.05) is 12.1 Å². The van der Waals surface area contributed by atoms with Crippen LogP contribution in [0.4, 0.5) is 0 Å². The third-order valence-electron chi connectivity index (χ3n) is 3.19. The third kappa shape index (κ3) is 2.38. The first-order valence-electron chi connectivity index (χ1n) is 5.71. The number of benzene rings is 3. The van der Waals surface area contributed by atoms with E-state index in [9.17, 15) is 23.2 Å². The van der Waals surface area contributed by atoms with Gasteiger partial charge in [0, 0.05) is 16.8 Å². The summed E-state index contributed by atoms with van der Waals surface area (Å²) < 4.78 is 33.3. The predicted octanol–water partition coefficient (Wildman–Crippen LogP) is 2.68. The van der Waals surface area contributed by atoms with Gasteiger partial charge in [0.05, 0.1) is 0 Å². The van der Waals surface area contributed by atoms with Crippen molar-refractivity contribution in [3.8, 4) is 11.5 Å². The highest BCUT2D eigenvalue weighted by Crippen LogP contribution is 2.39. The van der Waals surface area contributed by atoms with E-state index in [-0.39, 0.29) is 22.7 Å². The van der Waals surface area contributed by atoms with Crippen LogP contribution in [0.25, 0.3) is 21.5 Å². The summed E-state index contributed by atoms with van der Waals surface area (Å²) in [5.74, 6) is -1.00. The molecule has 0 saturated carbocycles. The maximum Gasteiger partial charge on any atom is 0.141 e. The van der Waals surface area contributed by atoms with Crippen LogP contribution >= 0.6 is 0 Å². The second-order valence-corrected chi connectivity index (χ2v) is 5.79. The van der Waals surface area contributed by atoms with Gasteiger partial charge in [0.2, 0.25) is 0 Å². The normalized spacial score (nSPS) is 11.5. The average Bonchev–Trinajstić information content (AvgIpc) is 2.40. The van der Waals surface area contributed by atoms with Crippen molar-refractivity contribution in [1.82, 2.24) is 6.15 Å². The van der Waals surface area contributed by atoms with Crippen molar-refractivity contribution in [2.75, 3.05) is 0 Å². The van der Waals surface area contributed by atoms with Crippen molar-refractivity contribution in [2.45, 2.75) is 4.90 Å². The molecule has 0 aromatic heterocycles. The van der Waals surface area contributed by atoms with E-state index in [0.717, 1.165) is 16.8 Å². The van der Waals surface area contributed by atoms with Crippen LogP contribution in [0.2, 0.25) is 0 Å². The summed E-state index contributed by atoms with van der Waals surface area (Å²) in [5.41, 5.74) is 0. The van der Waals surface area contributed by atoms with Crippen molar-refractivity contribution in [1.29, 1.82) is 0 Å². The molecule has 6 nitrogen and oxygen atoms in total. The molecular formula is C14H13NO5S. The lowest BCUT2D eigenvalue weighted by molar-refractivity contribution is 0.433. The second-order valence-electron chi connectivity index (χ2n) is 4.44. The van der Waals surface area contributed by atoms with Crippen molar-refractivity contribution in [2.24, 2.45) is 0 Å². The fourth-order valence-electron chi connectivity index (χ4n) is 2.24. The number of rotatable bonds is 1. The van der Waals surface area contributed by atoms with Gasteiger partial charge in [0.25, 0.3) is 0 Å². The highest BCUT2D eigenvalue weighted by molar-refractivity contribution is 7.85. The Bertz CT molecular complexity index is 950. The largest absolute Gasteiger partial charge is 0.744 e. The molecule has 21 heavy (non-hydrogen) atoms. The molecule has 0 atom stereocenters. The monoisotopic (exact) mass is 307 g/mol. The van der Waals surface area contributed by atoms with Gasteiger partial charge in [0.15, 0.2) is 0 Å². The lowest BCUT2D eigenvalue weighted by atomic mass is 10.0. The van der Waals surface area contributed by atoms with E-state index < -0.39 is 20.8 Å². The molecule has 0 bridgehead atoms. The first kappa shape index (κ1) is 15.0. The molecular weight excluding hydrogens is 294 g/mol. The molecule has 3 aromatic rings. The quantitative estimate of drug-likeness (QED) is 0.361. The first-order chi connectivity index (χ1) is 9.38. The van der Waals surface area contributed by atoms with Crippen LogP contribution in [0.3, 0.4) is 0 Å². The number of hydrogen-bond acceptors (Lipinski definition) is 5. The molecule has 0 heterocycles. The number of hydrogen-bond donors (Lipinski definition) is 3. The summed E-state index contributed by atoms with van der Waals surface area (Å²) in [4.78, 5) is -0.821. The lowest BCUT2D eigenvalue weighted by Gasteiger charge is -2.13. The van der Waals surface area contributed by atoms with E-state index >= 15 is 0 Å². The minimum absolute atomic E-state index is 0. The van der Waals surface area contributed by atoms with Crippen molar-refractivity contribution < 1.29 is 23.2 Å². The molecule has 0 spiro atoms. The van der Waals surface area contributed by atoms with Crippen molar-refractivity contribution in [3.05, 3.63) is 42.5 Å². The van der Waals surface area contributed by atoms with E-state index in [1.54, 1.807) is 18.2 Å². The van der Waals surface area contributed by atoms with E-state index in [0.29, 0.717) is 0 Å². The van der Waals surface area contributed by atoms with Crippen LogP contribution < -0.4 is 6.15 Å². The van der Waals surface area contributed by atoms with Crippen LogP contribution in [0.15, 0.2) is 47.4 Å². The Morgan fingerprint density at radius 2 is 1.43 bits per heavy atom. The van der Waals surface area contributed by atoms with Crippen molar-refractivity contribution in [3.63, 3.8) is 0 Å². The van der Waals surface area contributed by atoms with Gasteiger partial charge in [-0.1, -0.05) is 24.3 Å². The van der Waals surface area contributed by atoms with Gasteiger partial charge in [-0.15, -0.1) is 0 Å². The summed E-state index contributed by atoms with van der Waals surface area (Å²) in [7, 11) is -4.86. The highest BCUT2D eigenvalue weighted by Gasteiger charge is 2.16. The van der Waals surface area contributed by atoms with E-state index in [2.05, 4.69) is 0 Å². The number of aromatic hydroxyl groups is 2. The molecule has 3 rings (SSSR count). The predicted molar refractivity (Wildman–Crippen MR) is 78.7 cm³/mol. The zero-order valence-electron chi connectivity index (χ0n) is 11.1. The minimum atomic E-state index is -4.86. The maximum absolute atomic E-state index is 11.1. The number of phenolic OH excluding ortho intramolecular Hbond substituents is 2. The van der Waals surface area contributed by atoms with Crippen LogP contribution in [0, 0.1) is 0 Å². The Balaban J connectivity index is 0.00000161. The first-order valence-corrected chi connectivity index (χ1v) is 7.12. The molecule has 0 unspecified atom stereocenters. The smallest absolute Gasteiger partial charge is 0.141 e. The topological polar surface area (TPSA) is 134 Å². The van der Waals surface area contributed by atoms with Crippen LogP contribution in [-0.4, -0.2) is 23.2 Å². The average molecular weight is 307 g/mol. The summed E-state index contributed by atoms with van der Waals surface area (Å²) in [5, 5.41) is 21.9. The lowest BCUT2D eigenvalue weighted by Crippen LogP contribution is -1.99. The molecule has 0 fully saturated rings. The molecule has 6 N–H and O–H groups in total. The Kier molecular flexibility index (Phi) is 3.50. The zero-order chi connectivity index (χ0) is 14.5.